The molecule has 1 fully saturated rings. The number of benzene rings is 1. The van der Waals surface area contributed by atoms with E-state index in [1.807, 2.05) is 0 Å². The summed E-state index contributed by atoms with van der Waals surface area (Å²) in [6.45, 7) is 0.535. The Kier molecular flexibility index (Phi) is 4.15. The Balaban J connectivity index is 1.66. The highest BCUT2D eigenvalue weighted by molar-refractivity contribution is 8.02. The number of nitrogens with one attached hydrogen (secondary N) is 2. The fourth-order valence-corrected chi connectivity index (χ4v) is 2.54. The zero-order chi connectivity index (χ0) is 14.7. The molecule has 21 heavy (non-hydrogen) atoms. The van der Waals surface area contributed by atoms with Gasteiger partial charge in [-0.1, -0.05) is 6.07 Å². The Labute approximate surface area is 127 Å². The van der Waals surface area contributed by atoms with Crippen LogP contribution in [0.25, 0.3) is 0 Å². The summed E-state index contributed by atoms with van der Waals surface area (Å²) in [5.74, 6) is 0.784. The molecule has 1 aromatic carbocycles. The van der Waals surface area contributed by atoms with Gasteiger partial charge in [-0.3, -0.25) is 9.59 Å². The van der Waals surface area contributed by atoms with Crippen molar-refractivity contribution in [2.75, 3.05) is 17.7 Å². The van der Waals surface area contributed by atoms with Gasteiger partial charge in [0, 0.05) is 28.5 Å². The van der Waals surface area contributed by atoms with E-state index in [9.17, 15) is 9.59 Å². The van der Waals surface area contributed by atoms with E-state index in [0.717, 1.165) is 18.6 Å². The average molecular weight is 304 g/mol. The summed E-state index contributed by atoms with van der Waals surface area (Å²) < 4.78 is 5.30. The van der Waals surface area contributed by atoms with Crippen LogP contribution >= 0.6 is 11.8 Å². The molecule has 2 N–H and O–H groups in total. The molecule has 0 aromatic heterocycles. The maximum absolute atomic E-state index is 12.0. The predicted octanol–water partition coefficient (Wildman–Crippen LogP) is 2.12. The third-order valence-electron chi connectivity index (χ3n) is 3.17. The number of hydrogen-bond donors (Lipinski definition) is 2. The molecular weight excluding hydrogens is 288 g/mol. The number of rotatable bonds is 4. The standard InChI is InChI=1S/C15H16N2O3S/c18-14(16-11-4-5-11)10-2-1-3-12(8-10)17-15(19)13-9-21-7-6-20-13/h1-3,8-9,11H,4-7H2,(H,16,18)(H,17,19). The van der Waals surface area contributed by atoms with Crippen molar-refractivity contribution in [2.24, 2.45) is 0 Å². The largest absolute Gasteiger partial charge is 0.487 e. The van der Waals surface area contributed by atoms with Crippen LogP contribution in [0.2, 0.25) is 0 Å². The Bertz CT molecular complexity index is 596. The zero-order valence-electron chi connectivity index (χ0n) is 11.4. The first-order valence-corrected chi connectivity index (χ1v) is 7.94. The third kappa shape index (κ3) is 3.78. The van der Waals surface area contributed by atoms with Crippen molar-refractivity contribution in [1.29, 1.82) is 0 Å². The molecule has 5 nitrogen and oxygen atoms in total. The molecule has 6 heteroatoms. The van der Waals surface area contributed by atoms with Gasteiger partial charge in [-0.25, -0.2) is 0 Å². The monoisotopic (exact) mass is 304 g/mol. The molecule has 1 aliphatic heterocycles. The summed E-state index contributed by atoms with van der Waals surface area (Å²) in [7, 11) is 0. The fraction of sp³-hybridized carbons (Fsp3) is 0.333. The lowest BCUT2D eigenvalue weighted by atomic mass is 10.2. The van der Waals surface area contributed by atoms with Crippen LogP contribution in [0.3, 0.4) is 0 Å². The van der Waals surface area contributed by atoms with Crippen LogP contribution in [0.1, 0.15) is 23.2 Å². The minimum Gasteiger partial charge on any atom is -0.487 e. The van der Waals surface area contributed by atoms with Gasteiger partial charge in [0.25, 0.3) is 11.8 Å². The molecular formula is C15H16N2O3S. The van der Waals surface area contributed by atoms with Gasteiger partial charge in [0.05, 0.1) is 6.61 Å². The maximum Gasteiger partial charge on any atom is 0.291 e. The van der Waals surface area contributed by atoms with Gasteiger partial charge in [-0.15, -0.1) is 11.8 Å². The highest BCUT2D eigenvalue weighted by atomic mass is 32.2. The van der Waals surface area contributed by atoms with Crippen LogP contribution in [0.15, 0.2) is 35.4 Å². The molecule has 0 unspecified atom stereocenters. The van der Waals surface area contributed by atoms with Crippen LogP contribution in [-0.2, 0) is 9.53 Å². The normalized spacial score (nSPS) is 17.4. The van der Waals surface area contributed by atoms with Gasteiger partial charge in [-0.2, -0.15) is 0 Å². The highest BCUT2D eigenvalue weighted by Crippen LogP contribution is 2.20. The minimum absolute atomic E-state index is 0.0997. The van der Waals surface area contributed by atoms with Crippen molar-refractivity contribution >= 4 is 29.3 Å². The number of amides is 2. The zero-order valence-corrected chi connectivity index (χ0v) is 12.2. The summed E-state index contributed by atoms with van der Waals surface area (Å²) in [6.07, 6.45) is 2.09. The average Bonchev–Trinajstić information content (AvgIpc) is 3.32. The lowest BCUT2D eigenvalue weighted by Gasteiger charge is -2.14. The van der Waals surface area contributed by atoms with Gasteiger partial charge in [-0.05, 0) is 31.0 Å². The van der Waals surface area contributed by atoms with E-state index in [1.54, 1.807) is 41.4 Å². The topological polar surface area (TPSA) is 67.4 Å². The number of thioether (sulfide) groups is 1. The SMILES string of the molecule is O=C(Nc1cccc(C(=O)NC2CC2)c1)C1=CSCCO1. The minimum atomic E-state index is -0.290. The number of carbonyl (C=O) groups excluding carboxylic acids is 2. The summed E-state index contributed by atoms with van der Waals surface area (Å²) in [4.78, 5) is 24.0. The molecule has 0 atom stereocenters. The first-order chi connectivity index (χ1) is 10.2. The third-order valence-corrected chi connectivity index (χ3v) is 3.95. The number of carbonyl (C=O) groups is 2. The van der Waals surface area contributed by atoms with Gasteiger partial charge < -0.3 is 15.4 Å². The molecule has 1 aliphatic carbocycles. The van der Waals surface area contributed by atoms with Gasteiger partial charge >= 0.3 is 0 Å². The second kappa shape index (κ2) is 6.22. The van der Waals surface area contributed by atoms with E-state index < -0.39 is 0 Å². The van der Waals surface area contributed by atoms with E-state index in [1.165, 1.54) is 0 Å². The predicted molar refractivity (Wildman–Crippen MR) is 82.1 cm³/mol. The van der Waals surface area contributed by atoms with Gasteiger partial charge in [0.1, 0.15) is 0 Å². The van der Waals surface area contributed by atoms with Gasteiger partial charge in [0.15, 0.2) is 5.76 Å². The van der Waals surface area contributed by atoms with Crippen LogP contribution in [0.4, 0.5) is 5.69 Å². The molecule has 0 bridgehead atoms. The Morgan fingerprint density at radius 3 is 2.81 bits per heavy atom. The van der Waals surface area contributed by atoms with E-state index in [4.69, 9.17) is 4.74 Å². The Morgan fingerprint density at radius 1 is 1.24 bits per heavy atom. The van der Waals surface area contributed by atoms with Crippen molar-refractivity contribution in [3.05, 3.63) is 41.0 Å². The molecule has 0 spiro atoms. The Morgan fingerprint density at radius 2 is 2.10 bits per heavy atom. The molecule has 3 rings (SSSR count). The highest BCUT2D eigenvalue weighted by Gasteiger charge is 2.24. The lowest BCUT2D eigenvalue weighted by molar-refractivity contribution is -0.116. The van der Waals surface area contributed by atoms with Gasteiger partial charge in [0.2, 0.25) is 0 Å². The first-order valence-electron chi connectivity index (χ1n) is 6.89. The molecule has 2 aliphatic rings. The molecule has 0 saturated heterocycles. The maximum atomic E-state index is 12.0. The number of hydrogen-bond acceptors (Lipinski definition) is 4. The van der Waals surface area contributed by atoms with Crippen molar-refractivity contribution in [2.45, 2.75) is 18.9 Å². The second-order valence-electron chi connectivity index (χ2n) is 4.98. The van der Waals surface area contributed by atoms with Crippen LogP contribution in [0.5, 0.6) is 0 Å². The fourth-order valence-electron chi connectivity index (χ4n) is 1.91. The molecule has 1 saturated carbocycles. The first kappa shape index (κ1) is 14.0. The summed E-state index contributed by atoms with van der Waals surface area (Å²) in [5, 5.41) is 7.38. The van der Waals surface area contributed by atoms with Crippen molar-refractivity contribution < 1.29 is 14.3 Å². The molecule has 110 valence electrons. The summed E-state index contributed by atoms with van der Waals surface area (Å²) >= 11 is 1.55. The summed E-state index contributed by atoms with van der Waals surface area (Å²) in [6, 6.07) is 7.23. The van der Waals surface area contributed by atoms with Crippen LogP contribution in [-0.4, -0.2) is 30.2 Å². The quantitative estimate of drug-likeness (QED) is 0.894. The molecule has 1 aromatic rings. The number of anilines is 1. The summed E-state index contributed by atoms with van der Waals surface area (Å²) in [5.41, 5.74) is 1.14. The second-order valence-corrected chi connectivity index (χ2v) is 5.96. The molecule has 2 amide bonds. The van der Waals surface area contributed by atoms with Crippen LogP contribution < -0.4 is 10.6 Å². The molecule has 1 heterocycles. The van der Waals surface area contributed by atoms with Crippen molar-refractivity contribution in [3.8, 4) is 0 Å². The smallest absolute Gasteiger partial charge is 0.291 e. The van der Waals surface area contributed by atoms with Crippen molar-refractivity contribution in [3.63, 3.8) is 0 Å². The molecule has 0 radical (unpaired) electrons. The van der Waals surface area contributed by atoms with E-state index in [-0.39, 0.29) is 11.8 Å². The van der Waals surface area contributed by atoms with Crippen molar-refractivity contribution in [1.82, 2.24) is 5.32 Å². The Hall–Kier alpha value is -1.95. The van der Waals surface area contributed by atoms with Crippen LogP contribution in [0, 0.1) is 0 Å². The van der Waals surface area contributed by atoms with E-state index in [0.29, 0.717) is 29.7 Å². The lowest BCUT2D eigenvalue weighted by Crippen LogP contribution is -2.25. The number of ether oxygens (including phenoxy) is 1. The van der Waals surface area contributed by atoms with E-state index in [2.05, 4.69) is 10.6 Å². The van der Waals surface area contributed by atoms with E-state index >= 15 is 0 Å².